The molecule has 104 valence electrons. The van der Waals surface area contributed by atoms with E-state index in [-0.39, 0.29) is 11.5 Å². The number of methoxy groups -OCH3 is 1. The largest absolute Gasteiger partial charge is 0.494 e. The maximum absolute atomic E-state index is 13.5. The number of benzene rings is 1. The molecule has 5 heteroatoms. The van der Waals surface area contributed by atoms with Crippen LogP contribution >= 0.6 is 0 Å². The number of ketones is 1. The Hall–Kier alpha value is -1.46. The lowest BCUT2D eigenvalue weighted by atomic mass is 10.1. The van der Waals surface area contributed by atoms with Gasteiger partial charge in [0.2, 0.25) is 0 Å². The van der Waals surface area contributed by atoms with E-state index >= 15 is 0 Å². The number of halogens is 1. The van der Waals surface area contributed by atoms with Crippen LogP contribution < -0.4 is 10.5 Å². The van der Waals surface area contributed by atoms with Gasteiger partial charge in [-0.1, -0.05) is 0 Å². The van der Waals surface area contributed by atoms with Crippen molar-refractivity contribution in [1.29, 1.82) is 0 Å². The molecule has 2 N–H and O–H groups in total. The molecule has 0 spiro atoms. The summed E-state index contributed by atoms with van der Waals surface area (Å²) in [5.41, 5.74) is 6.00. The normalized spacial score (nSPS) is 19.6. The van der Waals surface area contributed by atoms with Crippen molar-refractivity contribution in [3.8, 4) is 5.75 Å². The highest BCUT2D eigenvalue weighted by Gasteiger charge is 2.23. The molecular formula is C14H19FN2O2. The lowest BCUT2D eigenvalue weighted by Gasteiger charge is -2.14. The highest BCUT2D eigenvalue weighted by atomic mass is 19.1. The molecule has 0 bridgehead atoms. The fraction of sp³-hybridized carbons (Fsp3) is 0.500. The van der Waals surface area contributed by atoms with Crippen molar-refractivity contribution in [1.82, 2.24) is 4.90 Å². The van der Waals surface area contributed by atoms with Crippen molar-refractivity contribution in [2.45, 2.75) is 6.42 Å². The second-order valence-corrected chi connectivity index (χ2v) is 4.90. The van der Waals surface area contributed by atoms with E-state index < -0.39 is 5.82 Å². The lowest BCUT2D eigenvalue weighted by Crippen LogP contribution is -2.29. The Balaban J connectivity index is 1.98. The van der Waals surface area contributed by atoms with Gasteiger partial charge < -0.3 is 10.5 Å². The number of nitrogens with zero attached hydrogens (tertiary/aromatic N) is 1. The van der Waals surface area contributed by atoms with Crippen LogP contribution in [-0.2, 0) is 0 Å². The fourth-order valence-electron chi connectivity index (χ4n) is 2.38. The summed E-state index contributed by atoms with van der Waals surface area (Å²) in [5.74, 6) is 0.0511. The third-order valence-corrected chi connectivity index (χ3v) is 3.54. The predicted octanol–water partition coefficient (Wildman–Crippen LogP) is 1.30. The first-order valence-corrected chi connectivity index (χ1v) is 6.43. The SMILES string of the molecule is COc1ccc(C(=O)CN2CCC(CN)C2)cc1F. The van der Waals surface area contributed by atoms with Gasteiger partial charge in [-0.15, -0.1) is 0 Å². The Labute approximate surface area is 112 Å². The quantitative estimate of drug-likeness (QED) is 0.816. The predicted molar refractivity (Wildman–Crippen MR) is 70.9 cm³/mol. The number of ether oxygens (including phenoxy) is 1. The van der Waals surface area contributed by atoms with Crippen molar-refractivity contribution in [2.24, 2.45) is 11.7 Å². The van der Waals surface area contributed by atoms with Gasteiger partial charge in [0.15, 0.2) is 17.3 Å². The Morgan fingerprint density at radius 3 is 2.95 bits per heavy atom. The second-order valence-electron chi connectivity index (χ2n) is 4.90. The zero-order chi connectivity index (χ0) is 13.8. The highest BCUT2D eigenvalue weighted by Crippen LogP contribution is 2.19. The molecule has 1 aliphatic rings. The van der Waals surface area contributed by atoms with Crippen LogP contribution in [0.3, 0.4) is 0 Å². The Morgan fingerprint density at radius 2 is 2.37 bits per heavy atom. The molecular weight excluding hydrogens is 247 g/mol. The minimum atomic E-state index is -0.505. The summed E-state index contributed by atoms with van der Waals surface area (Å²) in [6.07, 6.45) is 1.03. The monoisotopic (exact) mass is 266 g/mol. The molecule has 1 aromatic carbocycles. The summed E-state index contributed by atoms with van der Waals surface area (Å²) in [5, 5.41) is 0. The molecule has 1 fully saturated rings. The molecule has 0 amide bonds. The molecule has 2 rings (SSSR count). The minimum absolute atomic E-state index is 0.0702. The minimum Gasteiger partial charge on any atom is -0.494 e. The van der Waals surface area contributed by atoms with Gasteiger partial charge in [-0.05, 0) is 43.6 Å². The van der Waals surface area contributed by atoms with Crippen LogP contribution in [0.2, 0.25) is 0 Å². The van der Waals surface area contributed by atoms with Gasteiger partial charge in [-0.3, -0.25) is 9.69 Å². The zero-order valence-corrected chi connectivity index (χ0v) is 11.1. The molecule has 0 saturated carbocycles. The summed E-state index contributed by atoms with van der Waals surface area (Å²) in [6, 6.07) is 4.31. The van der Waals surface area contributed by atoms with E-state index in [0.29, 0.717) is 24.6 Å². The molecule has 0 radical (unpaired) electrons. The topological polar surface area (TPSA) is 55.6 Å². The van der Waals surface area contributed by atoms with Gasteiger partial charge in [0.1, 0.15) is 0 Å². The number of carbonyl (C=O) groups is 1. The summed E-state index contributed by atoms with van der Waals surface area (Å²) >= 11 is 0. The third-order valence-electron chi connectivity index (χ3n) is 3.54. The second kappa shape index (κ2) is 6.12. The average molecular weight is 266 g/mol. The Morgan fingerprint density at radius 1 is 1.58 bits per heavy atom. The van der Waals surface area contributed by atoms with Crippen molar-refractivity contribution >= 4 is 5.78 Å². The summed E-state index contributed by atoms with van der Waals surface area (Å²) in [7, 11) is 1.40. The number of rotatable bonds is 5. The number of Topliss-reactive ketones (excluding diaryl/α,β-unsaturated/α-hetero) is 1. The number of hydrogen-bond donors (Lipinski definition) is 1. The van der Waals surface area contributed by atoms with Crippen LogP contribution in [0.25, 0.3) is 0 Å². The Bertz CT molecular complexity index is 465. The molecule has 0 aliphatic carbocycles. The molecule has 1 aromatic rings. The number of likely N-dealkylation sites (tertiary alicyclic amines) is 1. The standard InChI is InChI=1S/C14H19FN2O2/c1-19-14-3-2-11(6-12(14)15)13(18)9-17-5-4-10(7-16)8-17/h2-3,6,10H,4-5,7-9,16H2,1H3. The summed E-state index contributed by atoms with van der Waals surface area (Å²) < 4.78 is 18.4. The third kappa shape index (κ3) is 3.30. The van der Waals surface area contributed by atoms with Crippen LogP contribution in [-0.4, -0.2) is 44.0 Å². The van der Waals surface area contributed by atoms with Gasteiger partial charge in [0.05, 0.1) is 13.7 Å². The Kier molecular flexibility index (Phi) is 4.50. The van der Waals surface area contributed by atoms with Crippen molar-refractivity contribution < 1.29 is 13.9 Å². The molecule has 1 unspecified atom stereocenters. The lowest BCUT2D eigenvalue weighted by molar-refractivity contribution is 0.0943. The van der Waals surface area contributed by atoms with Gasteiger partial charge in [-0.2, -0.15) is 0 Å². The van der Waals surface area contributed by atoms with Crippen LogP contribution in [0.15, 0.2) is 18.2 Å². The van der Waals surface area contributed by atoms with Gasteiger partial charge in [0, 0.05) is 12.1 Å². The maximum Gasteiger partial charge on any atom is 0.176 e. The van der Waals surface area contributed by atoms with Crippen molar-refractivity contribution in [3.05, 3.63) is 29.6 Å². The van der Waals surface area contributed by atoms with Crippen LogP contribution in [0, 0.1) is 11.7 Å². The van der Waals surface area contributed by atoms with Crippen LogP contribution in [0.4, 0.5) is 4.39 Å². The first-order valence-electron chi connectivity index (χ1n) is 6.43. The molecule has 19 heavy (non-hydrogen) atoms. The van der Waals surface area contributed by atoms with E-state index in [1.54, 1.807) is 6.07 Å². The van der Waals surface area contributed by atoms with Crippen LogP contribution in [0.1, 0.15) is 16.8 Å². The van der Waals surface area contributed by atoms with Gasteiger partial charge in [-0.25, -0.2) is 4.39 Å². The van der Waals surface area contributed by atoms with Crippen molar-refractivity contribution in [3.63, 3.8) is 0 Å². The summed E-state index contributed by atoms with van der Waals surface area (Å²) in [6.45, 7) is 2.71. The zero-order valence-electron chi connectivity index (χ0n) is 11.1. The molecule has 1 aliphatic heterocycles. The maximum atomic E-state index is 13.5. The molecule has 1 heterocycles. The number of carbonyl (C=O) groups excluding carboxylic acids is 1. The molecule has 1 atom stereocenters. The van der Waals surface area contributed by atoms with E-state index in [0.717, 1.165) is 19.5 Å². The van der Waals surface area contributed by atoms with E-state index in [4.69, 9.17) is 10.5 Å². The van der Waals surface area contributed by atoms with E-state index in [9.17, 15) is 9.18 Å². The van der Waals surface area contributed by atoms with Crippen LogP contribution in [0.5, 0.6) is 5.75 Å². The van der Waals surface area contributed by atoms with Crippen molar-refractivity contribution in [2.75, 3.05) is 33.3 Å². The molecule has 0 aromatic heterocycles. The first-order chi connectivity index (χ1) is 9.13. The number of hydrogen-bond acceptors (Lipinski definition) is 4. The smallest absolute Gasteiger partial charge is 0.176 e. The first kappa shape index (κ1) is 14.0. The average Bonchev–Trinajstić information content (AvgIpc) is 2.86. The van der Waals surface area contributed by atoms with E-state index in [2.05, 4.69) is 4.90 Å². The van der Waals surface area contributed by atoms with E-state index in [1.807, 2.05) is 0 Å². The van der Waals surface area contributed by atoms with Gasteiger partial charge >= 0.3 is 0 Å². The number of nitrogens with two attached hydrogens (primary N) is 1. The summed E-state index contributed by atoms with van der Waals surface area (Å²) in [4.78, 5) is 14.1. The fourth-order valence-corrected chi connectivity index (χ4v) is 2.38. The highest BCUT2D eigenvalue weighted by molar-refractivity contribution is 5.97. The van der Waals surface area contributed by atoms with E-state index in [1.165, 1.54) is 19.2 Å². The molecule has 4 nitrogen and oxygen atoms in total. The molecule has 1 saturated heterocycles. The van der Waals surface area contributed by atoms with Gasteiger partial charge in [0.25, 0.3) is 0 Å².